The predicted molar refractivity (Wildman–Crippen MR) is 98.2 cm³/mol. The summed E-state index contributed by atoms with van der Waals surface area (Å²) in [6.07, 6.45) is 4.89. The van der Waals surface area contributed by atoms with Gasteiger partial charge >= 0.3 is 0 Å². The van der Waals surface area contributed by atoms with Crippen LogP contribution in [0.2, 0.25) is 5.02 Å². The zero-order valence-electron chi connectivity index (χ0n) is 14.5. The number of hydrogen-bond donors (Lipinski definition) is 0. The van der Waals surface area contributed by atoms with Crippen LogP contribution in [0.1, 0.15) is 6.92 Å². The Morgan fingerprint density at radius 1 is 1.22 bits per heavy atom. The fraction of sp³-hybridized carbons (Fsp3) is 0.263. The molecule has 1 amide bonds. The molecule has 27 heavy (non-hydrogen) atoms. The van der Waals surface area contributed by atoms with Crippen LogP contribution in [0.3, 0.4) is 0 Å². The summed E-state index contributed by atoms with van der Waals surface area (Å²) >= 11 is 5.86. The number of amides is 1. The molecule has 0 spiro atoms. The van der Waals surface area contributed by atoms with Gasteiger partial charge in [0.2, 0.25) is 5.91 Å². The predicted octanol–water partition coefficient (Wildman–Crippen LogP) is 3.13. The van der Waals surface area contributed by atoms with Crippen molar-refractivity contribution in [2.75, 3.05) is 13.1 Å². The third kappa shape index (κ3) is 3.12. The van der Waals surface area contributed by atoms with Gasteiger partial charge in [0.15, 0.2) is 0 Å². The molecule has 3 heterocycles. The molecule has 1 saturated heterocycles. The fourth-order valence-electron chi connectivity index (χ4n) is 3.35. The molecule has 0 saturated carbocycles. The molecular formula is C19H16ClF2N3O2. The number of nitrogens with zero attached hydrogens (tertiary/aromatic N) is 3. The Bertz CT molecular complexity index is 1110. The van der Waals surface area contributed by atoms with Crippen LogP contribution in [0.15, 0.2) is 47.7 Å². The number of carbonyl (C=O) groups is 1. The SMILES string of the molecule is CC1(F)CN(C(=O)Cn2ccn3ccc(-c4ccc(F)c(Cl)c4)c3c2=O)C1. The normalized spacial score (nSPS) is 15.8. The molecule has 1 aliphatic heterocycles. The first kappa shape index (κ1) is 17.7. The maximum atomic E-state index is 13.6. The van der Waals surface area contributed by atoms with Gasteiger partial charge in [0.25, 0.3) is 5.56 Å². The first-order valence-corrected chi connectivity index (χ1v) is 8.75. The summed E-state index contributed by atoms with van der Waals surface area (Å²) in [6.45, 7) is 1.34. The molecule has 140 valence electrons. The monoisotopic (exact) mass is 391 g/mol. The number of alkyl halides is 1. The molecule has 0 aliphatic carbocycles. The van der Waals surface area contributed by atoms with Crippen LogP contribution < -0.4 is 5.56 Å². The summed E-state index contributed by atoms with van der Waals surface area (Å²) in [5, 5.41) is -0.0367. The summed E-state index contributed by atoms with van der Waals surface area (Å²) < 4.78 is 30.0. The van der Waals surface area contributed by atoms with E-state index in [-0.39, 0.29) is 36.1 Å². The van der Waals surface area contributed by atoms with Crippen molar-refractivity contribution < 1.29 is 13.6 Å². The quantitative estimate of drug-likeness (QED) is 0.688. The average Bonchev–Trinajstić information content (AvgIpc) is 3.02. The third-order valence-electron chi connectivity index (χ3n) is 4.72. The molecular weight excluding hydrogens is 376 g/mol. The summed E-state index contributed by atoms with van der Waals surface area (Å²) in [6, 6.07) is 5.97. The molecule has 1 aromatic carbocycles. The second kappa shape index (κ2) is 6.20. The van der Waals surface area contributed by atoms with Gasteiger partial charge in [0, 0.05) is 24.2 Å². The zero-order chi connectivity index (χ0) is 19.3. The van der Waals surface area contributed by atoms with Gasteiger partial charge in [-0.3, -0.25) is 9.59 Å². The van der Waals surface area contributed by atoms with E-state index < -0.39 is 11.5 Å². The number of hydrogen-bond acceptors (Lipinski definition) is 2. The van der Waals surface area contributed by atoms with E-state index in [1.165, 1.54) is 34.7 Å². The van der Waals surface area contributed by atoms with Crippen molar-refractivity contribution >= 4 is 23.0 Å². The molecule has 0 unspecified atom stereocenters. The van der Waals surface area contributed by atoms with Crippen LogP contribution in [-0.2, 0) is 11.3 Å². The molecule has 0 N–H and O–H groups in total. The molecule has 0 bridgehead atoms. The molecule has 0 atom stereocenters. The molecule has 8 heteroatoms. The number of aromatic nitrogens is 2. The number of halogens is 3. The van der Waals surface area contributed by atoms with Gasteiger partial charge in [-0.05, 0) is 30.7 Å². The minimum absolute atomic E-state index is 0.0350. The third-order valence-corrected chi connectivity index (χ3v) is 5.01. The largest absolute Gasteiger partial charge is 0.335 e. The highest BCUT2D eigenvalue weighted by Gasteiger charge is 2.41. The van der Waals surface area contributed by atoms with Crippen molar-refractivity contribution in [2.45, 2.75) is 19.1 Å². The Balaban J connectivity index is 1.70. The van der Waals surface area contributed by atoms with Crippen LogP contribution in [0, 0.1) is 5.82 Å². The molecule has 4 rings (SSSR count). The van der Waals surface area contributed by atoms with Crippen molar-refractivity contribution in [1.82, 2.24) is 13.9 Å². The fourth-order valence-corrected chi connectivity index (χ4v) is 3.53. The van der Waals surface area contributed by atoms with Crippen LogP contribution in [-0.4, -0.2) is 38.5 Å². The van der Waals surface area contributed by atoms with Gasteiger partial charge in [-0.15, -0.1) is 0 Å². The second-order valence-corrected chi connectivity index (χ2v) is 7.42. The average molecular weight is 392 g/mol. The van der Waals surface area contributed by atoms with Gasteiger partial charge < -0.3 is 13.9 Å². The van der Waals surface area contributed by atoms with E-state index >= 15 is 0 Å². The lowest BCUT2D eigenvalue weighted by Gasteiger charge is -2.42. The van der Waals surface area contributed by atoms with Crippen molar-refractivity contribution in [3.05, 3.63) is 64.0 Å². The molecule has 3 aromatic rings. The first-order valence-electron chi connectivity index (χ1n) is 8.37. The Hall–Kier alpha value is -2.67. The Morgan fingerprint density at radius 2 is 1.96 bits per heavy atom. The molecule has 1 aliphatic rings. The van der Waals surface area contributed by atoms with Crippen molar-refractivity contribution in [3.63, 3.8) is 0 Å². The van der Waals surface area contributed by atoms with E-state index in [1.807, 2.05) is 0 Å². The zero-order valence-corrected chi connectivity index (χ0v) is 15.2. The van der Waals surface area contributed by atoms with Crippen LogP contribution >= 0.6 is 11.6 Å². The van der Waals surface area contributed by atoms with Crippen molar-refractivity contribution in [1.29, 1.82) is 0 Å². The van der Waals surface area contributed by atoms with Gasteiger partial charge in [-0.2, -0.15) is 0 Å². The van der Waals surface area contributed by atoms with Crippen LogP contribution in [0.5, 0.6) is 0 Å². The van der Waals surface area contributed by atoms with E-state index in [0.29, 0.717) is 16.6 Å². The van der Waals surface area contributed by atoms with Gasteiger partial charge in [0.1, 0.15) is 23.5 Å². The maximum Gasteiger partial charge on any atom is 0.275 e. The van der Waals surface area contributed by atoms with Gasteiger partial charge in [-0.25, -0.2) is 8.78 Å². The number of likely N-dealkylation sites (tertiary alicyclic amines) is 1. The molecule has 1 fully saturated rings. The van der Waals surface area contributed by atoms with Crippen molar-refractivity contribution in [2.24, 2.45) is 0 Å². The van der Waals surface area contributed by atoms with E-state index in [0.717, 1.165) is 0 Å². The van der Waals surface area contributed by atoms with Crippen molar-refractivity contribution in [3.8, 4) is 11.1 Å². The Labute approximate surface area is 158 Å². The second-order valence-electron chi connectivity index (χ2n) is 7.01. The summed E-state index contributed by atoms with van der Waals surface area (Å²) in [5.74, 6) is -0.851. The number of rotatable bonds is 3. The minimum Gasteiger partial charge on any atom is -0.335 e. The highest BCUT2D eigenvalue weighted by atomic mass is 35.5. The molecule has 5 nitrogen and oxygen atoms in total. The standard InChI is InChI=1S/C19H16ClF2N3O2/c1-19(22)10-25(11-19)16(26)9-24-7-6-23-5-4-13(17(23)18(24)27)12-2-3-15(21)14(20)8-12/h2-8H,9-11H2,1H3. The molecule has 0 radical (unpaired) electrons. The number of fused-ring (bicyclic) bond motifs is 1. The topological polar surface area (TPSA) is 46.7 Å². The summed E-state index contributed by atoms with van der Waals surface area (Å²) in [4.78, 5) is 26.6. The lowest BCUT2D eigenvalue weighted by molar-refractivity contribution is -0.144. The first-order chi connectivity index (χ1) is 12.7. The number of benzene rings is 1. The summed E-state index contributed by atoms with van der Waals surface area (Å²) in [7, 11) is 0. The van der Waals surface area contributed by atoms with E-state index in [1.54, 1.807) is 28.9 Å². The van der Waals surface area contributed by atoms with Gasteiger partial charge in [0.05, 0.1) is 18.1 Å². The Morgan fingerprint density at radius 3 is 2.63 bits per heavy atom. The summed E-state index contributed by atoms with van der Waals surface area (Å²) in [5.41, 5.74) is -0.187. The van der Waals surface area contributed by atoms with Crippen LogP contribution in [0.4, 0.5) is 8.78 Å². The van der Waals surface area contributed by atoms with Crippen LogP contribution in [0.25, 0.3) is 16.6 Å². The lowest BCUT2D eigenvalue weighted by atomic mass is 9.99. The maximum absolute atomic E-state index is 13.6. The number of carbonyl (C=O) groups excluding carboxylic acids is 1. The molecule has 2 aromatic heterocycles. The van der Waals surface area contributed by atoms with E-state index in [2.05, 4.69) is 0 Å². The highest BCUT2D eigenvalue weighted by Crippen LogP contribution is 2.28. The Kier molecular flexibility index (Phi) is 4.07. The van der Waals surface area contributed by atoms with E-state index in [4.69, 9.17) is 11.6 Å². The minimum atomic E-state index is -1.36. The van der Waals surface area contributed by atoms with Gasteiger partial charge in [-0.1, -0.05) is 17.7 Å². The van der Waals surface area contributed by atoms with E-state index in [9.17, 15) is 18.4 Å². The smallest absolute Gasteiger partial charge is 0.275 e. The highest BCUT2D eigenvalue weighted by molar-refractivity contribution is 6.31. The lowest BCUT2D eigenvalue weighted by Crippen LogP contribution is -2.60.